The van der Waals surface area contributed by atoms with Crippen molar-refractivity contribution in [2.24, 2.45) is 0 Å². The van der Waals surface area contributed by atoms with Crippen LogP contribution in [0.3, 0.4) is 0 Å². The summed E-state index contributed by atoms with van der Waals surface area (Å²) < 4.78 is 0. The standard InChI is InChI=1S/C11H13N3O3/c1-7-10(16)13-5-6-14(7)11(17)9-8(15)3-2-4-12-9/h2-4,7,15H,5-6H2,1H3,(H,13,16). The van der Waals surface area contributed by atoms with Gasteiger partial charge in [-0.1, -0.05) is 0 Å². The third-order valence-corrected chi connectivity index (χ3v) is 2.75. The van der Waals surface area contributed by atoms with Gasteiger partial charge < -0.3 is 15.3 Å². The average molecular weight is 235 g/mol. The SMILES string of the molecule is CC1C(=O)NCCN1C(=O)c1ncccc1O. The topological polar surface area (TPSA) is 82.5 Å². The van der Waals surface area contributed by atoms with E-state index in [2.05, 4.69) is 10.3 Å². The lowest BCUT2D eigenvalue weighted by Gasteiger charge is -2.32. The molecule has 1 aromatic heterocycles. The largest absolute Gasteiger partial charge is 0.505 e. The molecular weight excluding hydrogens is 222 g/mol. The zero-order valence-electron chi connectivity index (χ0n) is 9.38. The summed E-state index contributed by atoms with van der Waals surface area (Å²) in [6, 6.07) is 2.39. The molecule has 0 saturated carbocycles. The molecule has 2 heterocycles. The molecule has 6 nitrogen and oxygen atoms in total. The number of pyridine rings is 1. The van der Waals surface area contributed by atoms with E-state index >= 15 is 0 Å². The molecule has 1 fully saturated rings. The first-order valence-electron chi connectivity index (χ1n) is 5.34. The van der Waals surface area contributed by atoms with E-state index in [0.717, 1.165) is 0 Å². The summed E-state index contributed by atoms with van der Waals surface area (Å²) >= 11 is 0. The highest BCUT2D eigenvalue weighted by Gasteiger charge is 2.31. The Morgan fingerprint density at radius 3 is 3.12 bits per heavy atom. The summed E-state index contributed by atoms with van der Waals surface area (Å²) in [7, 11) is 0. The van der Waals surface area contributed by atoms with E-state index in [4.69, 9.17) is 0 Å². The minimum Gasteiger partial charge on any atom is -0.505 e. The van der Waals surface area contributed by atoms with E-state index in [0.29, 0.717) is 13.1 Å². The predicted molar refractivity (Wildman–Crippen MR) is 59.4 cm³/mol. The van der Waals surface area contributed by atoms with Gasteiger partial charge in [-0.15, -0.1) is 0 Å². The fourth-order valence-corrected chi connectivity index (χ4v) is 1.76. The lowest BCUT2D eigenvalue weighted by molar-refractivity contribution is -0.127. The van der Waals surface area contributed by atoms with Crippen LogP contribution in [0.15, 0.2) is 18.3 Å². The van der Waals surface area contributed by atoms with Gasteiger partial charge in [0.25, 0.3) is 5.91 Å². The first-order chi connectivity index (χ1) is 8.11. The molecule has 1 unspecified atom stereocenters. The maximum atomic E-state index is 12.1. The number of nitrogens with one attached hydrogen (secondary N) is 1. The zero-order valence-corrected chi connectivity index (χ0v) is 9.38. The molecule has 0 bridgehead atoms. The number of aromatic hydroxyl groups is 1. The highest BCUT2D eigenvalue weighted by molar-refractivity contribution is 5.98. The quantitative estimate of drug-likeness (QED) is 0.703. The molecule has 0 aliphatic carbocycles. The molecule has 2 amide bonds. The minimum absolute atomic E-state index is 0.0194. The molecule has 2 N–H and O–H groups in total. The molecular formula is C11H13N3O3. The van der Waals surface area contributed by atoms with Crippen molar-refractivity contribution in [3.05, 3.63) is 24.0 Å². The van der Waals surface area contributed by atoms with Crippen molar-refractivity contribution >= 4 is 11.8 Å². The maximum Gasteiger partial charge on any atom is 0.277 e. The number of rotatable bonds is 1. The normalized spacial score (nSPS) is 19.9. The summed E-state index contributed by atoms with van der Waals surface area (Å²) in [6.45, 7) is 2.48. The van der Waals surface area contributed by atoms with Crippen molar-refractivity contribution in [3.63, 3.8) is 0 Å². The third-order valence-electron chi connectivity index (χ3n) is 2.75. The number of carbonyl (C=O) groups excluding carboxylic acids is 2. The molecule has 1 aliphatic heterocycles. The van der Waals surface area contributed by atoms with Gasteiger partial charge in [0, 0.05) is 19.3 Å². The molecule has 1 atom stereocenters. The second kappa shape index (κ2) is 4.40. The molecule has 0 aromatic carbocycles. The van der Waals surface area contributed by atoms with Gasteiger partial charge in [0.1, 0.15) is 11.8 Å². The van der Waals surface area contributed by atoms with Crippen LogP contribution in [0.1, 0.15) is 17.4 Å². The number of carbonyl (C=O) groups is 2. The van der Waals surface area contributed by atoms with Crippen LogP contribution in [0.5, 0.6) is 5.75 Å². The third kappa shape index (κ3) is 2.06. The van der Waals surface area contributed by atoms with Gasteiger partial charge >= 0.3 is 0 Å². The van der Waals surface area contributed by atoms with Crippen molar-refractivity contribution < 1.29 is 14.7 Å². The van der Waals surface area contributed by atoms with Gasteiger partial charge in [0.2, 0.25) is 5.91 Å². The van der Waals surface area contributed by atoms with E-state index in [1.54, 1.807) is 13.0 Å². The molecule has 1 saturated heterocycles. The molecule has 17 heavy (non-hydrogen) atoms. The number of nitrogens with zero attached hydrogens (tertiary/aromatic N) is 2. The summed E-state index contributed by atoms with van der Waals surface area (Å²) in [5.41, 5.74) is -0.0194. The van der Waals surface area contributed by atoms with E-state index in [9.17, 15) is 14.7 Å². The number of hydrogen-bond acceptors (Lipinski definition) is 4. The van der Waals surface area contributed by atoms with Crippen LogP contribution in [0, 0.1) is 0 Å². The highest BCUT2D eigenvalue weighted by Crippen LogP contribution is 2.17. The van der Waals surface area contributed by atoms with Crippen molar-refractivity contribution in [2.45, 2.75) is 13.0 Å². The Labute approximate surface area is 98.3 Å². The highest BCUT2D eigenvalue weighted by atomic mass is 16.3. The molecule has 1 aromatic rings. The van der Waals surface area contributed by atoms with Crippen LogP contribution in [0.25, 0.3) is 0 Å². The Bertz CT molecular complexity index is 461. The summed E-state index contributed by atoms with van der Waals surface area (Å²) in [5.74, 6) is -0.791. The Hall–Kier alpha value is -2.11. The lowest BCUT2D eigenvalue weighted by atomic mass is 10.2. The Kier molecular flexibility index (Phi) is 2.95. The van der Waals surface area contributed by atoms with Crippen LogP contribution in [0.2, 0.25) is 0 Å². The number of amides is 2. The molecule has 6 heteroatoms. The summed E-state index contributed by atoms with van der Waals surface area (Å²) in [5, 5.41) is 12.2. The second-order valence-electron chi connectivity index (χ2n) is 3.84. The van der Waals surface area contributed by atoms with Gasteiger partial charge in [-0.25, -0.2) is 4.98 Å². The molecule has 1 aliphatic rings. The molecule has 90 valence electrons. The predicted octanol–water partition coefficient (Wildman–Crippen LogP) is -0.252. The van der Waals surface area contributed by atoms with Gasteiger partial charge in [-0.05, 0) is 19.1 Å². The Morgan fingerprint density at radius 1 is 1.65 bits per heavy atom. The van der Waals surface area contributed by atoms with Crippen molar-refractivity contribution in [1.82, 2.24) is 15.2 Å². The minimum atomic E-state index is -0.544. The maximum absolute atomic E-state index is 12.1. The number of aromatic nitrogens is 1. The molecule has 0 radical (unpaired) electrons. The Morgan fingerprint density at radius 2 is 2.41 bits per heavy atom. The van der Waals surface area contributed by atoms with Gasteiger partial charge in [-0.2, -0.15) is 0 Å². The van der Waals surface area contributed by atoms with Crippen LogP contribution < -0.4 is 5.32 Å². The van der Waals surface area contributed by atoms with E-state index in [-0.39, 0.29) is 17.4 Å². The molecule has 0 spiro atoms. The zero-order chi connectivity index (χ0) is 12.4. The Balaban J connectivity index is 2.26. The monoisotopic (exact) mass is 235 g/mol. The lowest BCUT2D eigenvalue weighted by Crippen LogP contribution is -2.55. The van der Waals surface area contributed by atoms with E-state index in [1.165, 1.54) is 17.2 Å². The second-order valence-corrected chi connectivity index (χ2v) is 3.84. The van der Waals surface area contributed by atoms with Crippen LogP contribution in [-0.4, -0.2) is 45.9 Å². The first-order valence-corrected chi connectivity index (χ1v) is 5.34. The van der Waals surface area contributed by atoms with Gasteiger partial charge in [-0.3, -0.25) is 9.59 Å². The molecule has 2 rings (SSSR count). The van der Waals surface area contributed by atoms with Gasteiger partial charge in [0.15, 0.2) is 5.69 Å². The summed E-state index contributed by atoms with van der Waals surface area (Å²) in [6.07, 6.45) is 1.43. The van der Waals surface area contributed by atoms with E-state index < -0.39 is 11.9 Å². The van der Waals surface area contributed by atoms with Crippen LogP contribution in [-0.2, 0) is 4.79 Å². The fraction of sp³-hybridized carbons (Fsp3) is 0.364. The smallest absolute Gasteiger partial charge is 0.277 e. The van der Waals surface area contributed by atoms with Crippen LogP contribution >= 0.6 is 0 Å². The van der Waals surface area contributed by atoms with E-state index in [1.807, 2.05) is 0 Å². The van der Waals surface area contributed by atoms with Crippen molar-refractivity contribution in [2.75, 3.05) is 13.1 Å². The van der Waals surface area contributed by atoms with Crippen molar-refractivity contribution in [3.8, 4) is 5.75 Å². The average Bonchev–Trinajstić information content (AvgIpc) is 2.32. The number of hydrogen-bond donors (Lipinski definition) is 2. The van der Waals surface area contributed by atoms with Gasteiger partial charge in [0.05, 0.1) is 0 Å². The first kappa shape index (κ1) is 11.4. The van der Waals surface area contributed by atoms with Crippen molar-refractivity contribution in [1.29, 1.82) is 0 Å². The fourth-order valence-electron chi connectivity index (χ4n) is 1.76. The van der Waals surface area contributed by atoms with Crippen LogP contribution in [0.4, 0.5) is 0 Å². The number of piperazine rings is 1. The summed E-state index contributed by atoms with van der Waals surface area (Å²) in [4.78, 5) is 28.8.